The van der Waals surface area contributed by atoms with Crippen molar-refractivity contribution >= 4 is 22.6 Å². The van der Waals surface area contributed by atoms with Crippen LogP contribution in [0.3, 0.4) is 0 Å². The van der Waals surface area contributed by atoms with Gasteiger partial charge in [0.05, 0.1) is 6.61 Å². The second-order valence-electron chi connectivity index (χ2n) is 5.40. The van der Waals surface area contributed by atoms with Gasteiger partial charge in [-0.15, -0.1) is 0 Å². The topological polar surface area (TPSA) is 68.5 Å². The van der Waals surface area contributed by atoms with E-state index in [1.54, 1.807) is 36.4 Å². The Morgan fingerprint density at radius 2 is 1.88 bits per heavy atom. The first-order chi connectivity index (χ1) is 11.6. The Hall–Kier alpha value is -3.08. The molecule has 1 N–H and O–H groups in total. The van der Waals surface area contributed by atoms with Crippen LogP contribution in [-0.2, 0) is 0 Å². The zero-order chi connectivity index (χ0) is 17.1. The summed E-state index contributed by atoms with van der Waals surface area (Å²) in [5.41, 5.74) is 1.38. The zero-order valence-corrected chi connectivity index (χ0v) is 13.5. The molecule has 0 unspecified atom stereocenters. The van der Waals surface area contributed by atoms with E-state index in [-0.39, 0.29) is 5.56 Å². The molecule has 3 aromatic rings. The Bertz CT molecular complexity index is 942. The van der Waals surface area contributed by atoms with Gasteiger partial charge in [-0.25, -0.2) is 4.79 Å². The fourth-order valence-corrected chi connectivity index (χ4v) is 2.40. The zero-order valence-electron chi connectivity index (χ0n) is 13.5. The number of rotatable bonds is 4. The Kier molecular flexibility index (Phi) is 4.33. The summed E-state index contributed by atoms with van der Waals surface area (Å²) >= 11 is 0. The fourth-order valence-electron chi connectivity index (χ4n) is 2.40. The molecule has 0 aliphatic carbocycles. The molecule has 1 amide bonds. The maximum absolute atomic E-state index is 12.4. The van der Waals surface area contributed by atoms with Gasteiger partial charge in [0.25, 0.3) is 5.91 Å². The molecule has 0 saturated carbocycles. The van der Waals surface area contributed by atoms with Gasteiger partial charge < -0.3 is 14.5 Å². The van der Waals surface area contributed by atoms with Gasteiger partial charge in [-0.2, -0.15) is 0 Å². The number of aryl methyl sites for hydroxylation is 1. The largest absolute Gasteiger partial charge is 0.494 e. The van der Waals surface area contributed by atoms with Crippen molar-refractivity contribution in [1.82, 2.24) is 0 Å². The lowest BCUT2D eigenvalue weighted by Gasteiger charge is -2.07. The molecule has 0 aliphatic heterocycles. The Morgan fingerprint density at radius 1 is 1.12 bits per heavy atom. The number of amides is 1. The summed E-state index contributed by atoms with van der Waals surface area (Å²) in [4.78, 5) is 24.4. The lowest BCUT2D eigenvalue weighted by molar-refractivity contribution is 0.102. The number of anilines is 1. The number of nitrogens with one attached hydrogen (secondary N) is 1. The van der Waals surface area contributed by atoms with E-state index in [1.807, 2.05) is 26.0 Å². The molecule has 1 aromatic heterocycles. The average Bonchev–Trinajstić information content (AvgIpc) is 2.56. The highest BCUT2D eigenvalue weighted by molar-refractivity contribution is 6.05. The summed E-state index contributed by atoms with van der Waals surface area (Å²) in [5, 5.41) is 3.41. The van der Waals surface area contributed by atoms with Gasteiger partial charge in [-0.3, -0.25) is 4.79 Å². The lowest BCUT2D eigenvalue weighted by atomic mass is 10.1. The normalized spacial score (nSPS) is 10.6. The summed E-state index contributed by atoms with van der Waals surface area (Å²) < 4.78 is 10.6. The van der Waals surface area contributed by atoms with Crippen molar-refractivity contribution in [1.29, 1.82) is 0 Å². The monoisotopic (exact) mass is 323 g/mol. The van der Waals surface area contributed by atoms with Gasteiger partial charge in [0, 0.05) is 11.1 Å². The lowest BCUT2D eigenvalue weighted by Crippen LogP contribution is -2.20. The summed E-state index contributed by atoms with van der Waals surface area (Å²) in [6.45, 7) is 4.41. The predicted octanol–water partition coefficient (Wildman–Crippen LogP) is 3.75. The second kappa shape index (κ2) is 6.58. The van der Waals surface area contributed by atoms with Crippen LogP contribution in [0.1, 0.15) is 22.8 Å². The van der Waals surface area contributed by atoms with Crippen LogP contribution in [0, 0.1) is 6.92 Å². The number of ether oxygens (including phenoxy) is 1. The first kappa shape index (κ1) is 15.8. The van der Waals surface area contributed by atoms with Crippen LogP contribution in [0.4, 0.5) is 5.69 Å². The minimum absolute atomic E-state index is 0.0259. The Labute approximate surface area is 138 Å². The maximum atomic E-state index is 12.4. The molecule has 2 aromatic carbocycles. The fraction of sp³-hybridized carbons (Fsp3) is 0.158. The first-order valence-corrected chi connectivity index (χ1v) is 7.65. The highest BCUT2D eigenvalue weighted by atomic mass is 16.5. The van der Waals surface area contributed by atoms with Crippen LogP contribution in [0.2, 0.25) is 0 Å². The van der Waals surface area contributed by atoms with Crippen LogP contribution in [-0.4, -0.2) is 12.5 Å². The minimum atomic E-state index is -0.658. The van der Waals surface area contributed by atoms with Crippen molar-refractivity contribution in [3.8, 4) is 5.75 Å². The van der Waals surface area contributed by atoms with E-state index in [4.69, 9.17) is 9.15 Å². The average molecular weight is 323 g/mol. The van der Waals surface area contributed by atoms with E-state index in [0.717, 1.165) is 11.3 Å². The number of fused-ring (bicyclic) bond motifs is 1. The summed E-state index contributed by atoms with van der Waals surface area (Å²) in [6, 6.07) is 13.9. The van der Waals surface area contributed by atoms with E-state index >= 15 is 0 Å². The minimum Gasteiger partial charge on any atom is -0.494 e. The third kappa shape index (κ3) is 3.30. The van der Waals surface area contributed by atoms with Crippen LogP contribution in [0.15, 0.2) is 57.7 Å². The third-order valence-corrected chi connectivity index (χ3v) is 3.56. The molecule has 0 atom stereocenters. The van der Waals surface area contributed by atoms with Crippen molar-refractivity contribution in [3.05, 3.63) is 70.1 Å². The predicted molar refractivity (Wildman–Crippen MR) is 92.8 cm³/mol. The SMILES string of the molecule is CCOc1ccc(NC(=O)c2cc3cc(C)ccc3oc2=O)cc1. The van der Waals surface area contributed by atoms with E-state index < -0.39 is 11.5 Å². The first-order valence-electron chi connectivity index (χ1n) is 7.65. The molecular weight excluding hydrogens is 306 g/mol. The molecule has 5 nitrogen and oxygen atoms in total. The van der Waals surface area contributed by atoms with Gasteiger partial charge in [-0.1, -0.05) is 11.6 Å². The van der Waals surface area contributed by atoms with Crippen LogP contribution < -0.4 is 15.7 Å². The molecule has 24 heavy (non-hydrogen) atoms. The molecular formula is C19H17NO4. The summed E-state index contributed by atoms with van der Waals surface area (Å²) in [5.74, 6) is 0.215. The molecule has 0 saturated heterocycles. The van der Waals surface area contributed by atoms with E-state index in [1.165, 1.54) is 0 Å². The summed E-state index contributed by atoms with van der Waals surface area (Å²) in [7, 11) is 0. The van der Waals surface area contributed by atoms with Gasteiger partial charge in [0.15, 0.2) is 0 Å². The maximum Gasteiger partial charge on any atom is 0.349 e. The van der Waals surface area contributed by atoms with Crippen LogP contribution >= 0.6 is 0 Å². The molecule has 3 rings (SSSR count). The van der Waals surface area contributed by atoms with Crippen molar-refractivity contribution in [2.75, 3.05) is 11.9 Å². The highest BCUT2D eigenvalue weighted by Gasteiger charge is 2.14. The van der Waals surface area contributed by atoms with Crippen molar-refractivity contribution in [2.24, 2.45) is 0 Å². The second-order valence-corrected chi connectivity index (χ2v) is 5.40. The van der Waals surface area contributed by atoms with Gasteiger partial charge >= 0.3 is 5.63 Å². The third-order valence-electron chi connectivity index (χ3n) is 3.56. The van der Waals surface area contributed by atoms with Gasteiger partial charge in [-0.05, 0) is 56.3 Å². The standard InChI is InChI=1S/C19H17NO4/c1-3-23-15-7-5-14(6-8-15)20-18(21)16-11-13-10-12(2)4-9-17(13)24-19(16)22/h4-11H,3H2,1-2H3,(H,20,21). The van der Waals surface area contributed by atoms with Gasteiger partial charge in [0.1, 0.15) is 16.9 Å². The molecule has 5 heteroatoms. The molecule has 0 spiro atoms. The summed E-state index contributed by atoms with van der Waals surface area (Å²) in [6.07, 6.45) is 0. The Morgan fingerprint density at radius 3 is 2.58 bits per heavy atom. The number of carbonyl (C=O) groups is 1. The molecule has 0 aliphatic rings. The van der Waals surface area contributed by atoms with Crippen LogP contribution in [0.25, 0.3) is 11.0 Å². The van der Waals surface area contributed by atoms with Crippen LogP contribution in [0.5, 0.6) is 5.75 Å². The highest BCUT2D eigenvalue weighted by Crippen LogP contribution is 2.18. The molecule has 122 valence electrons. The van der Waals surface area contributed by atoms with Crippen molar-refractivity contribution in [2.45, 2.75) is 13.8 Å². The van der Waals surface area contributed by atoms with Crippen molar-refractivity contribution in [3.63, 3.8) is 0 Å². The number of hydrogen-bond acceptors (Lipinski definition) is 4. The Balaban J connectivity index is 1.87. The quantitative estimate of drug-likeness (QED) is 0.742. The molecule has 1 heterocycles. The number of carbonyl (C=O) groups excluding carboxylic acids is 1. The van der Waals surface area contributed by atoms with E-state index in [9.17, 15) is 9.59 Å². The number of hydrogen-bond donors (Lipinski definition) is 1. The van der Waals surface area contributed by atoms with E-state index in [0.29, 0.717) is 23.3 Å². The molecule has 0 radical (unpaired) electrons. The van der Waals surface area contributed by atoms with Crippen molar-refractivity contribution < 1.29 is 13.9 Å². The molecule has 0 fully saturated rings. The van der Waals surface area contributed by atoms with Gasteiger partial charge in [0.2, 0.25) is 0 Å². The smallest absolute Gasteiger partial charge is 0.349 e. The van der Waals surface area contributed by atoms with E-state index in [2.05, 4.69) is 5.32 Å². The number of benzene rings is 2. The molecule has 0 bridgehead atoms.